The van der Waals surface area contributed by atoms with Gasteiger partial charge in [0.15, 0.2) is 0 Å². The van der Waals surface area contributed by atoms with Crippen LogP contribution in [0.1, 0.15) is 44.0 Å². The van der Waals surface area contributed by atoms with Gasteiger partial charge in [0.2, 0.25) is 11.9 Å². The van der Waals surface area contributed by atoms with E-state index in [0.29, 0.717) is 16.5 Å². The van der Waals surface area contributed by atoms with Crippen LogP contribution >= 0.6 is 0 Å². The van der Waals surface area contributed by atoms with Crippen molar-refractivity contribution in [1.29, 1.82) is 0 Å². The van der Waals surface area contributed by atoms with Crippen LogP contribution in [0.3, 0.4) is 0 Å². The topological polar surface area (TPSA) is 141 Å². The number of rotatable bonds is 3. The summed E-state index contributed by atoms with van der Waals surface area (Å²) in [5.41, 5.74) is 7.89. The van der Waals surface area contributed by atoms with Crippen molar-refractivity contribution in [1.82, 2.24) is 19.9 Å². The first-order valence-corrected chi connectivity index (χ1v) is 11.2. The predicted molar refractivity (Wildman–Crippen MR) is 114 cm³/mol. The number of anilines is 2. The molecule has 3 aromatic rings. The van der Waals surface area contributed by atoms with Crippen molar-refractivity contribution < 1.29 is 9.00 Å². The van der Waals surface area contributed by atoms with Crippen LogP contribution in [0.5, 0.6) is 0 Å². The molecule has 2 atom stereocenters. The van der Waals surface area contributed by atoms with Crippen molar-refractivity contribution >= 4 is 39.6 Å². The lowest BCUT2D eigenvalue weighted by Crippen LogP contribution is -2.57. The van der Waals surface area contributed by atoms with Gasteiger partial charge in [0.25, 0.3) is 0 Å². The lowest BCUT2D eigenvalue weighted by atomic mass is 9.79. The standard InChI is InChI=1S/C20H23N7O2S/c21-16-15-10-12-11-23-19(24-13-4-6-14(7-5-13)30(22)29)26-17(12)27(15)20(18(28)25-16)8-2-1-3-9-20/h4-7,10-11,16H,1-3,8-9,21-22H2,(H,25,28)(H,23,24,26). The third-order valence-corrected chi connectivity index (χ3v) is 6.79. The van der Waals surface area contributed by atoms with E-state index in [2.05, 4.69) is 15.6 Å². The number of nitrogens with zero attached hydrogens (tertiary/aromatic N) is 3. The number of hydrogen-bond acceptors (Lipinski definition) is 6. The van der Waals surface area contributed by atoms with Gasteiger partial charge in [-0.1, -0.05) is 19.3 Å². The molecule has 0 radical (unpaired) electrons. The minimum Gasteiger partial charge on any atom is -0.333 e. The third-order valence-electron chi connectivity index (χ3n) is 6.05. The average molecular weight is 426 g/mol. The molecule has 6 N–H and O–H groups in total. The van der Waals surface area contributed by atoms with Crippen LogP contribution in [0.15, 0.2) is 41.4 Å². The predicted octanol–water partition coefficient (Wildman–Crippen LogP) is 1.90. The molecule has 2 aromatic heterocycles. The maximum Gasteiger partial charge on any atom is 0.247 e. The Labute approximate surface area is 175 Å². The molecule has 0 saturated heterocycles. The van der Waals surface area contributed by atoms with Crippen LogP contribution in [-0.4, -0.2) is 24.7 Å². The largest absolute Gasteiger partial charge is 0.333 e. The lowest BCUT2D eigenvalue weighted by Gasteiger charge is -2.43. The van der Waals surface area contributed by atoms with Crippen LogP contribution in [0.25, 0.3) is 11.0 Å². The molecule has 1 aliphatic heterocycles. The minimum absolute atomic E-state index is 0.0294. The fourth-order valence-electron chi connectivity index (χ4n) is 4.59. The zero-order valence-electron chi connectivity index (χ0n) is 16.3. The summed E-state index contributed by atoms with van der Waals surface area (Å²) in [6.45, 7) is 0. The summed E-state index contributed by atoms with van der Waals surface area (Å²) in [5, 5.41) is 12.4. The van der Waals surface area contributed by atoms with Crippen LogP contribution in [0.2, 0.25) is 0 Å². The van der Waals surface area contributed by atoms with Crippen molar-refractivity contribution in [3.63, 3.8) is 0 Å². The SMILES string of the molecule is NC1NC(=O)C2(CCCCC2)n2c1cc1cnc(Nc3ccc(S(N)=O)cc3)nc12. The molecule has 1 fully saturated rings. The second-order valence-electron chi connectivity index (χ2n) is 7.87. The van der Waals surface area contributed by atoms with Gasteiger partial charge in [0.1, 0.15) is 28.3 Å². The van der Waals surface area contributed by atoms with Gasteiger partial charge in [-0.15, -0.1) is 0 Å². The highest BCUT2D eigenvalue weighted by molar-refractivity contribution is 7.82. The van der Waals surface area contributed by atoms with Crippen molar-refractivity contribution in [2.75, 3.05) is 5.32 Å². The van der Waals surface area contributed by atoms with E-state index in [1.807, 2.05) is 10.6 Å². The molecule has 1 saturated carbocycles. The van der Waals surface area contributed by atoms with Gasteiger partial charge < -0.3 is 20.9 Å². The second-order valence-corrected chi connectivity index (χ2v) is 8.93. The van der Waals surface area contributed by atoms with E-state index in [1.165, 1.54) is 0 Å². The van der Waals surface area contributed by atoms with E-state index in [0.717, 1.165) is 48.9 Å². The fraction of sp³-hybridized carbons (Fsp3) is 0.350. The van der Waals surface area contributed by atoms with Gasteiger partial charge in [0.05, 0.1) is 10.6 Å². The van der Waals surface area contributed by atoms with Gasteiger partial charge >= 0.3 is 0 Å². The first-order valence-electron chi connectivity index (χ1n) is 9.97. The number of carbonyl (C=O) groups is 1. The number of carbonyl (C=O) groups excluding carboxylic acids is 1. The molecule has 0 bridgehead atoms. The summed E-state index contributed by atoms with van der Waals surface area (Å²) in [7, 11) is -1.52. The highest BCUT2D eigenvalue weighted by atomic mass is 32.2. The Kier molecular flexibility index (Phi) is 4.57. The molecule has 9 nitrogen and oxygen atoms in total. The monoisotopic (exact) mass is 425 g/mol. The molecule has 1 aliphatic carbocycles. The van der Waals surface area contributed by atoms with Crippen LogP contribution in [0.4, 0.5) is 11.6 Å². The normalized spacial score (nSPS) is 21.3. The number of aromatic nitrogens is 3. The summed E-state index contributed by atoms with van der Waals surface area (Å²) >= 11 is 0. The molecule has 5 rings (SSSR count). The Balaban J connectivity index is 1.58. The summed E-state index contributed by atoms with van der Waals surface area (Å²) in [6, 6.07) is 8.89. The van der Waals surface area contributed by atoms with Crippen molar-refractivity contribution in [3.8, 4) is 0 Å². The molecule has 156 valence electrons. The Hall–Kier alpha value is -2.82. The third kappa shape index (κ3) is 2.99. The smallest absolute Gasteiger partial charge is 0.247 e. The quantitative estimate of drug-likeness (QED) is 0.505. The van der Waals surface area contributed by atoms with Gasteiger partial charge in [-0.25, -0.2) is 14.3 Å². The van der Waals surface area contributed by atoms with Crippen LogP contribution in [-0.2, 0) is 21.3 Å². The van der Waals surface area contributed by atoms with E-state index >= 15 is 0 Å². The first-order chi connectivity index (χ1) is 14.5. The highest BCUT2D eigenvalue weighted by Gasteiger charge is 2.47. The van der Waals surface area contributed by atoms with E-state index in [4.69, 9.17) is 15.9 Å². The molecule has 1 spiro atoms. The molecular formula is C20H23N7O2S. The summed E-state index contributed by atoms with van der Waals surface area (Å²) in [4.78, 5) is 22.7. The molecule has 10 heteroatoms. The Morgan fingerprint density at radius 3 is 2.63 bits per heavy atom. The minimum atomic E-state index is -1.52. The summed E-state index contributed by atoms with van der Waals surface area (Å²) in [5.74, 6) is 0.383. The number of amides is 1. The Bertz CT molecular complexity index is 1150. The van der Waals surface area contributed by atoms with Gasteiger partial charge in [-0.2, -0.15) is 4.98 Å². The van der Waals surface area contributed by atoms with Crippen molar-refractivity contribution in [2.45, 2.75) is 48.7 Å². The summed E-state index contributed by atoms with van der Waals surface area (Å²) in [6.07, 6.45) is 5.83. The number of benzene rings is 1. The maximum atomic E-state index is 13.0. The van der Waals surface area contributed by atoms with Crippen molar-refractivity contribution in [2.24, 2.45) is 10.9 Å². The van der Waals surface area contributed by atoms with E-state index in [1.54, 1.807) is 30.5 Å². The molecule has 1 amide bonds. The number of fused-ring (bicyclic) bond motifs is 4. The first kappa shape index (κ1) is 19.2. The Morgan fingerprint density at radius 2 is 1.93 bits per heavy atom. The lowest BCUT2D eigenvalue weighted by molar-refractivity contribution is -0.134. The van der Waals surface area contributed by atoms with E-state index in [-0.39, 0.29) is 5.91 Å². The molecule has 30 heavy (non-hydrogen) atoms. The zero-order chi connectivity index (χ0) is 20.9. The van der Waals surface area contributed by atoms with Crippen molar-refractivity contribution in [3.05, 3.63) is 42.2 Å². The second kappa shape index (κ2) is 7.15. The van der Waals surface area contributed by atoms with Crippen LogP contribution in [0, 0.1) is 0 Å². The van der Waals surface area contributed by atoms with Gasteiger partial charge in [0, 0.05) is 17.3 Å². The Morgan fingerprint density at radius 1 is 1.20 bits per heavy atom. The van der Waals surface area contributed by atoms with Gasteiger partial charge in [-0.05, 0) is 43.2 Å². The molecule has 2 aliphatic rings. The fourth-order valence-corrected chi connectivity index (χ4v) is 4.99. The molecular weight excluding hydrogens is 402 g/mol. The number of nitrogens with two attached hydrogens (primary N) is 2. The van der Waals surface area contributed by atoms with Crippen LogP contribution < -0.4 is 21.5 Å². The number of hydrogen-bond donors (Lipinski definition) is 4. The maximum absolute atomic E-state index is 13.0. The summed E-state index contributed by atoms with van der Waals surface area (Å²) < 4.78 is 13.4. The zero-order valence-corrected chi connectivity index (χ0v) is 17.1. The highest BCUT2D eigenvalue weighted by Crippen LogP contribution is 2.42. The molecule has 1 aromatic carbocycles. The van der Waals surface area contributed by atoms with Gasteiger partial charge in [-0.3, -0.25) is 4.79 Å². The number of nitrogens with one attached hydrogen (secondary N) is 2. The van der Waals surface area contributed by atoms with E-state index < -0.39 is 22.7 Å². The van der Waals surface area contributed by atoms with E-state index in [9.17, 15) is 9.00 Å². The molecule has 3 heterocycles. The average Bonchev–Trinajstić information content (AvgIpc) is 3.14. The molecule has 2 unspecified atom stereocenters.